The Bertz CT molecular complexity index is 349. The maximum absolute atomic E-state index is 10.0. The summed E-state index contributed by atoms with van der Waals surface area (Å²) < 4.78 is 0. The van der Waals surface area contributed by atoms with Gasteiger partial charge in [0.05, 0.1) is 6.54 Å². The van der Waals surface area contributed by atoms with Crippen molar-refractivity contribution < 1.29 is 4.79 Å². The van der Waals surface area contributed by atoms with Crippen LogP contribution in [0.5, 0.6) is 0 Å². The predicted molar refractivity (Wildman–Crippen MR) is 61.6 cm³/mol. The second kappa shape index (κ2) is 6.15. The second-order valence-corrected chi connectivity index (χ2v) is 3.67. The van der Waals surface area contributed by atoms with Crippen LogP contribution < -0.4 is 0 Å². The molecule has 0 bridgehead atoms. The normalized spacial score (nSPS) is 10.1. The number of aliphatic imine (C=N–C) groups is 1. The average Bonchev–Trinajstić information content (AvgIpc) is 2.29. The minimum Gasteiger partial charge on any atom is -0.211 e. The molecule has 0 N–H and O–H groups in total. The Morgan fingerprint density at radius 3 is 2.67 bits per heavy atom. The Morgan fingerprint density at radius 1 is 1.33 bits per heavy atom. The molecule has 0 aliphatic rings. The molecule has 2 heteroatoms. The van der Waals surface area contributed by atoms with Gasteiger partial charge < -0.3 is 0 Å². The fourth-order valence-corrected chi connectivity index (χ4v) is 1.83. The van der Waals surface area contributed by atoms with Gasteiger partial charge in [-0.15, -0.1) is 0 Å². The monoisotopic (exact) mass is 203 g/mol. The number of hydrogen-bond donors (Lipinski definition) is 0. The largest absolute Gasteiger partial charge is 0.235 e. The van der Waals surface area contributed by atoms with Crippen molar-refractivity contribution in [2.24, 2.45) is 4.99 Å². The zero-order valence-electron chi connectivity index (χ0n) is 9.36. The first-order chi connectivity index (χ1) is 7.31. The first-order valence-electron chi connectivity index (χ1n) is 5.44. The van der Waals surface area contributed by atoms with E-state index in [9.17, 15) is 4.79 Å². The Balaban J connectivity index is 2.85. The smallest absolute Gasteiger partial charge is 0.211 e. The first kappa shape index (κ1) is 11.7. The van der Waals surface area contributed by atoms with E-state index in [0.29, 0.717) is 12.5 Å². The topological polar surface area (TPSA) is 29.4 Å². The van der Waals surface area contributed by atoms with Crippen molar-refractivity contribution in [3.63, 3.8) is 0 Å². The molecular weight excluding hydrogens is 186 g/mol. The third-order valence-corrected chi connectivity index (χ3v) is 2.73. The molecule has 0 amide bonds. The molecule has 0 heterocycles. The molecule has 1 aromatic carbocycles. The molecule has 0 aliphatic carbocycles. The van der Waals surface area contributed by atoms with Crippen LogP contribution in [0, 0.1) is 0 Å². The van der Waals surface area contributed by atoms with E-state index < -0.39 is 0 Å². The van der Waals surface area contributed by atoms with Gasteiger partial charge in [0.2, 0.25) is 6.08 Å². The van der Waals surface area contributed by atoms with Gasteiger partial charge in [-0.1, -0.05) is 38.1 Å². The number of benzene rings is 1. The lowest BCUT2D eigenvalue weighted by Crippen LogP contribution is -1.96. The van der Waals surface area contributed by atoms with Crippen LogP contribution in [-0.4, -0.2) is 6.08 Å². The number of hydrogen-bond acceptors (Lipinski definition) is 2. The van der Waals surface area contributed by atoms with Crippen molar-refractivity contribution >= 4 is 6.08 Å². The van der Waals surface area contributed by atoms with Gasteiger partial charge in [-0.2, -0.15) is 0 Å². The van der Waals surface area contributed by atoms with Crippen LogP contribution in [0.25, 0.3) is 0 Å². The van der Waals surface area contributed by atoms with Crippen molar-refractivity contribution in [3.8, 4) is 0 Å². The highest BCUT2D eigenvalue weighted by Gasteiger charge is 2.06. The van der Waals surface area contributed by atoms with Crippen molar-refractivity contribution in [1.82, 2.24) is 0 Å². The highest BCUT2D eigenvalue weighted by molar-refractivity contribution is 5.34. The molecule has 1 aromatic rings. The zero-order valence-corrected chi connectivity index (χ0v) is 9.36. The molecule has 0 radical (unpaired) electrons. The average molecular weight is 203 g/mol. The summed E-state index contributed by atoms with van der Waals surface area (Å²) in [6.45, 7) is 4.84. The van der Waals surface area contributed by atoms with E-state index in [4.69, 9.17) is 0 Å². The molecule has 0 fully saturated rings. The summed E-state index contributed by atoms with van der Waals surface area (Å²) in [6, 6.07) is 8.31. The Kier molecular flexibility index (Phi) is 4.79. The van der Waals surface area contributed by atoms with Crippen LogP contribution in [0.15, 0.2) is 29.3 Å². The fourth-order valence-electron chi connectivity index (χ4n) is 1.83. The van der Waals surface area contributed by atoms with E-state index in [1.165, 1.54) is 5.56 Å². The molecule has 0 spiro atoms. The summed E-state index contributed by atoms with van der Waals surface area (Å²) >= 11 is 0. The third kappa shape index (κ3) is 3.34. The molecule has 1 rings (SSSR count). The van der Waals surface area contributed by atoms with Crippen LogP contribution in [-0.2, 0) is 11.3 Å². The summed E-state index contributed by atoms with van der Waals surface area (Å²) in [4.78, 5) is 13.6. The van der Waals surface area contributed by atoms with Crippen LogP contribution >= 0.6 is 0 Å². The summed E-state index contributed by atoms with van der Waals surface area (Å²) in [7, 11) is 0. The highest BCUT2D eigenvalue weighted by atomic mass is 16.1. The first-order valence-corrected chi connectivity index (χ1v) is 5.44. The van der Waals surface area contributed by atoms with Crippen molar-refractivity contribution in [2.75, 3.05) is 0 Å². The summed E-state index contributed by atoms with van der Waals surface area (Å²) in [5.74, 6) is 0.616. The molecule has 0 saturated heterocycles. The lowest BCUT2D eigenvalue weighted by molar-refractivity contribution is 0.562. The molecular formula is C13H17NO. The second-order valence-electron chi connectivity index (χ2n) is 3.67. The van der Waals surface area contributed by atoms with Gasteiger partial charge >= 0.3 is 0 Å². The van der Waals surface area contributed by atoms with E-state index >= 15 is 0 Å². The van der Waals surface area contributed by atoms with Gasteiger partial charge in [-0.25, -0.2) is 9.79 Å². The number of isocyanates is 1. The number of nitrogens with zero attached hydrogens (tertiary/aromatic N) is 1. The van der Waals surface area contributed by atoms with E-state index in [1.54, 1.807) is 6.08 Å². The lowest BCUT2D eigenvalue weighted by atomic mass is 9.93. The maximum Gasteiger partial charge on any atom is 0.235 e. The molecule has 0 saturated carbocycles. The van der Waals surface area contributed by atoms with Crippen molar-refractivity contribution in [1.29, 1.82) is 0 Å². The number of rotatable bonds is 5. The van der Waals surface area contributed by atoms with Gasteiger partial charge in [-0.05, 0) is 29.9 Å². The van der Waals surface area contributed by atoms with E-state index in [-0.39, 0.29) is 0 Å². The minimum absolute atomic E-state index is 0.442. The van der Waals surface area contributed by atoms with Crippen molar-refractivity contribution in [3.05, 3.63) is 35.4 Å². The maximum atomic E-state index is 10.0. The molecule has 0 unspecified atom stereocenters. The molecule has 0 aromatic heterocycles. The molecule has 2 nitrogen and oxygen atoms in total. The quantitative estimate of drug-likeness (QED) is 0.532. The minimum atomic E-state index is 0.442. The van der Waals surface area contributed by atoms with Gasteiger partial charge in [0.25, 0.3) is 0 Å². The Labute approximate surface area is 91.0 Å². The summed E-state index contributed by atoms with van der Waals surface area (Å²) in [6.07, 6.45) is 3.87. The fraction of sp³-hybridized carbons (Fsp3) is 0.462. The Hall–Kier alpha value is -1.40. The van der Waals surface area contributed by atoms with Crippen molar-refractivity contribution in [2.45, 2.75) is 39.2 Å². The van der Waals surface area contributed by atoms with Crippen LogP contribution in [0.4, 0.5) is 0 Å². The van der Waals surface area contributed by atoms with Gasteiger partial charge in [0, 0.05) is 0 Å². The molecule has 0 atom stereocenters. The standard InChI is InChI=1S/C13H17NO/c1-3-12(4-2)13-7-5-6-11(8-13)9-14-10-15/h5-8,12H,3-4,9H2,1-2H3. The van der Waals surface area contributed by atoms with E-state index in [1.807, 2.05) is 12.1 Å². The summed E-state index contributed by atoms with van der Waals surface area (Å²) in [5, 5.41) is 0. The van der Waals surface area contributed by atoms with Crippen LogP contribution in [0.3, 0.4) is 0 Å². The van der Waals surface area contributed by atoms with E-state index in [2.05, 4.69) is 31.0 Å². The lowest BCUT2D eigenvalue weighted by Gasteiger charge is -2.13. The Morgan fingerprint density at radius 2 is 2.07 bits per heavy atom. The van der Waals surface area contributed by atoms with Gasteiger partial charge in [-0.3, -0.25) is 0 Å². The highest BCUT2D eigenvalue weighted by Crippen LogP contribution is 2.23. The van der Waals surface area contributed by atoms with E-state index in [0.717, 1.165) is 18.4 Å². The van der Waals surface area contributed by atoms with Crippen LogP contribution in [0.2, 0.25) is 0 Å². The number of carbonyl (C=O) groups excluding carboxylic acids is 1. The zero-order chi connectivity index (χ0) is 11.1. The van der Waals surface area contributed by atoms with Gasteiger partial charge in [0.1, 0.15) is 0 Å². The predicted octanol–water partition coefficient (Wildman–Crippen LogP) is 3.43. The SMILES string of the molecule is CCC(CC)c1cccc(CN=C=O)c1. The molecule has 15 heavy (non-hydrogen) atoms. The third-order valence-electron chi connectivity index (χ3n) is 2.73. The van der Waals surface area contributed by atoms with Gasteiger partial charge in [0.15, 0.2) is 0 Å². The molecule has 80 valence electrons. The van der Waals surface area contributed by atoms with Crippen LogP contribution in [0.1, 0.15) is 43.7 Å². The summed E-state index contributed by atoms with van der Waals surface area (Å²) in [5.41, 5.74) is 2.43. The molecule has 0 aliphatic heterocycles.